The summed E-state index contributed by atoms with van der Waals surface area (Å²) in [6, 6.07) is 7.52. The van der Waals surface area contributed by atoms with Crippen LogP contribution in [0.5, 0.6) is 5.88 Å². The molecular weight excluding hydrogens is 502 g/mol. The van der Waals surface area contributed by atoms with Crippen LogP contribution in [-0.4, -0.2) is 26.8 Å². The van der Waals surface area contributed by atoms with Gasteiger partial charge in [0.1, 0.15) is 12.0 Å². The third-order valence-corrected chi connectivity index (χ3v) is 8.22. The predicted octanol–water partition coefficient (Wildman–Crippen LogP) is 2.83. The average Bonchev–Trinajstić information content (AvgIpc) is 2.76. The van der Waals surface area contributed by atoms with Gasteiger partial charge in [0.2, 0.25) is 5.88 Å². The smallest absolute Gasteiger partial charge is 0.335 e. The van der Waals surface area contributed by atoms with E-state index in [-0.39, 0.29) is 11.0 Å². The normalized spacial score (nSPS) is 27.1. The number of amides is 1. The number of benzene rings is 1. The molecule has 4 saturated carbocycles. The highest BCUT2D eigenvalue weighted by atomic mass is 79.9. The molecule has 34 heavy (non-hydrogen) atoms. The number of nitriles is 1. The number of H-pyrrole nitrogens is 1. The number of aromatic hydroxyl groups is 1. The molecule has 0 atom stereocenters. The molecular formula is C24H24BrN5O4. The van der Waals surface area contributed by atoms with Gasteiger partial charge in [-0.05, 0) is 95.3 Å². The Kier molecular flexibility index (Phi) is 5.68. The van der Waals surface area contributed by atoms with Crippen molar-refractivity contribution in [3.63, 3.8) is 0 Å². The van der Waals surface area contributed by atoms with E-state index in [1.807, 2.05) is 12.1 Å². The van der Waals surface area contributed by atoms with Crippen molar-refractivity contribution in [3.05, 3.63) is 54.6 Å². The molecule has 0 saturated heterocycles. The van der Waals surface area contributed by atoms with Crippen LogP contribution in [0.2, 0.25) is 0 Å². The number of rotatable bonds is 5. The third-order valence-electron chi connectivity index (χ3n) is 7.58. The van der Waals surface area contributed by atoms with Crippen molar-refractivity contribution < 1.29 is 9.90 Å². The fourth-order valence-corrected chi connectivity index (χ4v) is 7.20. The molecule has 4 bridgehead atoms. The number of halogens is 1. The quantitative estimate of drug-likeness (QED) is 0.406. The SMILES string of the molecule is N#CCC(=O)NN=Cc1c(O)n(-c2ccc(C34CC5CC(CC(C5)C3)C4)cc2Br)c(=O)[nH]c1=O. The minimum absolute atomic E-state index is 0.174. The van der Waals surface area contributed by atoms with E-state index in [9.17, 15) is 19.5 Å². The lowest BCUT2D eigenvalue weighted by atomic mass is 9.48. The van der Waals surface area contributed by atoms with Crippen LogP contribution in [0.15, 0.2) is 37.4 Å². The van der Waals surface area contributed by atoms with Gasteiger partial charge in [-0.3, -0.25) is 14.6 Å². The van der Waals surface area contributed by atoms with Gasteiger partial charge in [-0.2, -0.15) is 10.4 Å². The Morgan fingerprint density at radius 2 is 1.91 bits per heavy atom. The number of hydrazone groups is 1. The van der Waals surface area contributed by atoms with Crippen molar-refractivity contribution in [3.8, 4) is 17.6 Å². The first-order valence-corrected chi connectivity index (χ1v) is 12.2. The molecule has 1 amide bonds. The lowest BCUT2D eigenvalue weighted by Crippen LogP contribution is -2.48. The molecule has 4 aliphatic carbocycles. The molecule has 0 radical (unpaired) electrons. The average molecular weight is 526 g/mol. The first-order valence-electron chi connectivity index (χ1n) is 11.4. The molecule has 3 N–H and O–H groups in total. The van der Waals surface area contributed by atoms with E-state index in [0.29, 0.717) is 10.2 Å². The largest absolute Gasteiger partial charge is 0.493 e. The number of nitrogens with zero attached hydrogens (tertiary/aromatic N) is 3. The summed E-state index contributed by atoms with van der Waals surface area (Å²) < 4.78 is 1.63. The second-order valence-electron chi connectivity index (χ2n) is 9.82. The second kappa shape index (κ2) is 8.55. The molecule has 4 aliphatic rings. The van der Waals surface area contributed by atoms with Crippen LogP contribution in [0.1, 0.15) is 56.1 Å². The van der Waals surface area contributed by atoms with Gasteiger partial charge in [0.15, 0.2) is 0 Å². The van der Waals surface area contributed by atoms with Crippen molar-refractivity contribution in [2.24, 2.45) is 22.9 Å². The van der Waals surface area contributed by atoms with Gasteiger partial charge in [-0.25, -0.2) is 14.8 Å². The lowest BCUT2D eigenvalue weighted by Gasteiger charge is -2.57. The summed E-state index contributed by atoms with van der Waals surface area (Å²) in [4.78, 5) is 38.4. The van der Waals surface area contributed by atoms with Crippen molar-refractivity contribution >= 4 is 28.1 Å². The van der Waals surface area contributed by atoms with Gasteiger partial charge in [0, 0.05) is 4.47 Å². The van der Waals surface area contributed by atoms with Crippen LogP contribution in [0, 0.1) is 29.1 Å². The molecule has 176 valence electrons. The Morgan fingerprint density at radius 1 is 1.26 bits per heavy atom. The summed E-state index contributed by atoms with van der Waals surface area (Å²) >= 11 is 3.58. The zero-order valence-electron chi connectivity index (χ0n) is 18.4. The molecule has 9 nitrogen and oxygen atoms in total. The standard InChI is InChI=1S/C24H24BrN5O4/c25-18-8-16(24-9-13-5-14(10-24)7-15(6-13)11-24)1-2-19(18)30-22(33)17(21(32)28-23(30)34)12-27-29-20(31)3-4-26/h1-2,8,12-15,33H,3,5-7,9-11H2,(H,29,31)(H,28,32,34). The topological polar surface area (TPSA) is 140 Å². The maximum atomic E-state index is 12.6. The zero-order chi connectivity index (χ0) is 24.0. The summed E-state index contributed by atoms with van der Waals surface area (Å²) in [5.74, 6) is 1.13. The lowest BCUT2D eigenvalue weighted by molar-refractivity contribution is -0.120. The van der Waals surface area contributed by atoms with E-state index in [1.54, 1.807) is 12.1 Å². The van der Waals surface area contributed by atoms with Crippen LogP contribution in [0.25, 0.3) is 5.69 Å². The number of carbonyl (C=O) groups is 1. The maximum Gasteiger partial charge on any atom is 0.335 e. The Balaban J connectivity index is 1.49. The number of nitrogens with one attached hydrogen (secondary N) is 2. The fraction of sp³-hybridized carbons (Fsp3) is 0.458. The summed E-state index contributed by atoms with van der Waals surface area (Å²) in [6.07, 6.45) is 8.19. The molecule has 2 aromatic rings. The summed E-state index contributed by atoms with van der Waals surface area (Å²) in [5, 5.41) is 22.9. The van der Waals surface area contributed by atoms with E-state index >= 15 is 0 Å². The van der Waals surface area contributed by atoms with E-state index in [0.717, 1.165) is 28.5 Å². The molecule has 0 aliphatic heterocycles. The first-order chi connectivity index (χ1) is 16.3. The fourth-order valence-electron chi connectivity index (χ4n) is 6.64. The molecule has 0 unspecified atom stereocenters. The molecule has 1 aromatic heterocycles. The number of aromatic nitrogens is 2. The molecule has 10 heteroatoms. The second-order valence-corrected chi connectivity index (χ2v) is 10.7. The molecule has 1 aromatic carbocycles. The minimum atomic E-state index is -0.849. The van der Waals surface area contributed by atoms with Crippen LogP contribution < -0.4 is 16.7 Å². The highest BCUT2D eigenvalue weighted by molar-refractivity contribution is 9.10. The Hall–Kier alpha value is -3.19. The molecule has 1 heterocycles. The van der Waals surface area contributed by atoms with Gasteiger partial charge in [-0.1, -0.05) is 6.07 Å². The van der Waals surface area contributed by atoms with Gasteiger partial charge in [-0.15, -0.1) is 0 Å². The van der Waals surface area contributed by atoms with Gasteiger partial charge in [0.25, 0.3) is 11.5 Å². The summed E-state index contributed by atoms with van der Waals surface area (Å²) in [7, 11) is 0. The summed E-state index contributed by atoms with van der Waals surface area (Å²) in [5.41, 5.74) is 1.96. The number of carbonyl (C=O) groups excluding carboxylic acids is 1. The van der Waals surface area contributed by atoms with E-state index < -0.39 is 29.5 Å². The van der Waals surface area contributed by atoms with E-state index in [4.69, 9.17) is 5.26 Å². The van der Waals surface area contributed by atoms with Crippen molar-refractivity contribution in [2.75, 3.05) is 0 Å². The minimum Gasteiger partial charge on any atom is -0.493 e. The molecule has 4 fully saturated rings. The number of aromatic amines is 1. The Labute approximate surface area is 203 Å². The zero-order valence-corrected chi connectivity index (χ0v) is 20.0. The van der Waals surface area contributed by atoms with E-state index in [1.165, 1.54) is 44.1 Å². The highest BCUT2D eigenvalue weighted by Gasteiger charge is 2.51. The number of hydrogen-bond donors (Lipinski definition) is 3. The van der Waals surface area contributed by atoms with Crippen LogP contribution >= 0.6 is 15.9 Å². The van der Waals surface area contributed by atoms with Gasteiger partial charge < -0.3 is 5.11 Å². The maximum absolute atomic E-state index is 12.6. The monoisotopic (exact) mass is 525 g/mol. The Morgan fingerprint density at radius 3 is 2.50 bits per heavy atom. The van der Waals surface area contributed by atoms with E-state index in [2.05, 4.69) is 31.4 Å². The first kappa shape index (κ1) is 22.6. The number of hydrogen-bond acceptors (Lipinski definition) is 6. The summed E-state index contributed by atoms with van der Waals surface area (Å²) in [6.45, 7) is 0. The Bertz CT molecular complexity index is 1320. The highest BCUT2D eigenvalue weighted by Crippen LogP contribution is 2.60. The molecule has 6 rings (SSSR count). The predicted molar refractivity (Wildman–Crippen MR) is 128 cm³/mol. The van der Waals surface area contributed by atoms with Crippen molar-refractivity contribution in [1.82, 2.24) is 15.0 Å². The van der Waals surface area contributed by atoms with Crippen LogP contribution in [0.3, 0.4) is 0 Å². The third kappa shape index (κ3) is 3.88. The van der Waals surface area contributed by atoms with Crippen molar-refractivity contribution in [1.29, 1.82) is 5.26 Å². The van der Waals surface area contributed by atoms with Gasteiger partial charge >= 0.3 is 5.69 Å². The van der Waals surface area contributed by atoms with Crippen molar-refractivity contribution in [2.45, 2.75) is 50.4 Å². The molecule has 0 spiro atoms. The van der Waals surface area contributed by atoms with Crippen LogP contribution in [-0.2, 0) is 10.2 Å². The van der Waals surface area contributed by atoms with Gasteiger partial charge in [0.05, 0.1) is 18.0 Å². The van der Waals surface area contributed by atoms with Crippen LogP contribution in [0.4, 0.5) is 0 Å².